The number of ketones is 1. The van der Waals surface area contributed by atoms with Crippen molar-refractivity contribution in [1.29, 1.82) is 0 Å². The fraction of sp³-hybridized carbons (Fsp3) is 0.385. The average molecular weight is 252 g/mol. The molecule has 1 aliphatic rings. The lowest BCUT2D eigenvalue weighted by Gasteiger charge is -2.25. The Morgan fingerprint density at radius 2 is 2.00 bits per heavy atom. The number of amides is 1. The van der Waals surface area contributed by atoms with E-state index in [1.165, 1.54) is 0 Å². The van der Waals surface area contributed by atoms with E-state index >= 15 is 0 Å². The van der Waals surface area contributed by atoms with Crippen LogP contribution in [-0.4, -0.2) is 29.7 Å². The molecule has 1 fully saturated rings. The molecule has 1 aliphatic heterocycles. The molecule has 0 radical (unpaired) electrons. The zero-order valence-corrected chi connectivity index (χ0v) is 10.2. The van der Waals surface area contributed by atoms with Crippen LogP contribution < -0.4 is 0 Å². The first kappa shape index (κ1) is 12.1. The molecule has 17 heavy (non-hydrogen) atoms. The van der Waals surface area contributed by atoms with Crippen molar-refractivity contribution in [2.75, 3.05) is 13.1 Å². The summed E-state index contributed by atoms with van der Waals surface area (Å²) in [7, 11) is 0. The quantitative estimate of drug-likeness (QED) is 0.807. The van der Waals surface area contributed by atoms with Gasteiger partial charge in [-0.2, -0.15) is 0 Å². The monoisotopic (exact) mass is 251 g/mol. The van der Waals surface area contributed by atoms with E-state index in [9.17, 15) is 9.59 Å². The van der Waals surface area contributed by atoms with Crippen LogP contribution in [0.4, 0.5) is 0 Å². The second-order valence-corrected chi connectivity index (χ2v) is 4.70. The summed E-state index contributed by atoms with van der Waals surface area (Å²) < 4.78 is 0. The lowest BCUT2D eigenvalue weighted by Crippen LogP contribution is -2.40. The fourth-order valence-corrected chi connectivity index (χ4v) is 2.07. The number of nitrogens with zero attached hydrogens (tertiary/aromatic N) is 1. The highest BCUT2D eigenvalue weighted by molar-refractivity contribution is 6.30. The Morgan fingerprint density at radius 3 is 2.65 bits per heavy atom. The van der Waals surface area contributed by atoms with E-state index in [-0.39, 0.29) is 18.2 Å². The van der Waals surface area contributed by atoms with Gasteiger partial charge in [0.2, 0.25) is 5.91 Å². The zero-order valence-electron chi connectivity index (χ0n) is 9.49. The summed E-state index contributed by atoms with van der Waals surface area (Å²) in [6.45, 7) is 0.963. The molecule has 0 spiro atoms. The maximum Gasteiger partial charge on any atom is 0.227 e. The first-order chi connectivity index (χ1) is 8.15. The molecule has 2 rings (SSSR count). The minimum absolute atomic E-state index is 0.0142. The number of Topliss-reactive ketones (excluding diaryl/α,β-unsaturated/α-hetero) is 1. The highest BCUT2D eigenvalue weighted by Gasteiger charge is 2.21. The number of hydrogen-bond donors (Lipinski definition) is 0. The Kier molecular flexibility index (Phi) is 3.79. The zero-order chi connectivity index (χ0) is 12.3. The number of halogens is 1. The molecule has 1 amide bonds. The molecular formula is C13H14ClNO2. The fourth-order valence-electron chi connectivity index (χ4n) is 1.94. The second kappa shape index (κ2) is 5.32. The summed E-state index contributed by atoms with van der Waals surface area (Å²) in [4.78, 5) is 24.8. The molecule has 0 unspecified atom stereocenters. The number of carbonyl (C=O) groups excluding carboxylic acids is 2. The van der Waals surface area contributed by atoms with Crippen LogP contribution in [0.15, 0.2) is 24.3 Å². The van der Waals surface area contributed by atoms with Gasteiger partial charge in [-0.25, -0.2) is 0 Å². The van der Waals surface area contributed by atoms with Crippen LogP contribution in [0.3, 0.4) is 0 Å². The summed E-state index contributed by atoms with van der Waals surface area (Å²) in [5, 5.41) is 0.661. The van der Waals surface area contributed by atoms with E-state index in [4.69, 9.17) is 11.6 Å². The maximum absolute atomic E-state index is 11.9. The third-order valence-corrected chi connectivity index (χ3v) is 3.12. The van der Waals surface area contributed by atoms with Crippen LogP contribution in [0, 0.1) is 0 Å². The van der Waals surface area contributed by atoms with Gasteiger partial charge in [-0.1, -0.05) is 23.7 Å². The van der Waals surface area contributed by atoms with Gasteiger partial charge in [0.25, 0.3) is 0 Å². The predicted octanol–water partition coefficient (Wildman–Crippen LogP) is 2.07. The van der Waals surface area contributed by atoms with E-state index in [0.29, 0.717) is 24.4 Å². The average Bonchev–Trinajstić information content (AvgIpc) is 2.32. The molecule has 3 nitrogen and oxygen atoms in total. The first-order valence-electron chi connectivity index (χ1n) is 5.69. The topological polar surface area (TPSA) is 37.4 Å². The number of carbonyl (C=O) groups is 2. The number of piperidine rings is 1. The first-order valence-corrected chi connectivity index (χ1v) is 6.07. The van der Waals surface area contributed by atoms with Crippen LogP contribution in [0.2, 0.25) is 5.02 Å². The van der Waals surface area contributed by atoms with Gasteiger partial charge in [-0.3, -0.25) is 9.59 Å². The van der Waals surface area contributed by atoms with Gasteiger partial charge in [0, 0.05) is 18.0 Å². The molecular weight excluding hydrogens is 238 g/mol. The van der Waals surface area contributed by atoms with E-state index in [0.717, 1.165) is 12.0 Å². The minimum atomic E-state index is 0.0142. The minimum Gasteiger partial charge on any atom is -0.335 e. The number of hydrogen-bond acceptors (Lipinski definition) is 2. The Balaban J connectivity index is 1.96. The summed E-state index contributed by atoms with van der Waals surface area (Å²) in [6.07, 6.45) is 1.72. The summed E-state index contributed by atoms with van der Waals surface area (Å²) in [5.74, 6) is 0.168. The van der Waals surface area contributed by atoms with E-state index < -0.39 is 0 Å². The van der Waals surface area contributed by atoms with Crippen LogP contribution in [0.5, 0.6) is 0 Å². The van der Waals surface area contributed by atoms with Crippen LogP contribution in [-0.2, 0) is 16.0 Å². The smallest absolute Gasteiger partial charge is 0.227 e. The summed E-state index contributed by atoms with van der Waals surface area (Å²) in [6, 6.07) is 7.22. The number of likely N-dealkylation sites (tertiary alicyclic amines) is 1. The van der Waals surface area contributed by atoms with Crippen LogP contribution in [0.1, 0.15) is 18.4 Å². The predicted molar refractivity (Wildman–Crippen MR) is 66.0 cm³/mol. The molecule has 90 valence electrons. The van der Waals surface area contributed by atoms with Crippen molar-refractivity contribution in [1.82, 2.24) is 4.90 Å². The van der Waals surface area contributed by atoms with Crippen molar-refractivity contribution >= 4 is 23.3 Å². The van der Waals surface area contributed by atoms with E-state index in [1.54, 1.807) is 17.0 Å². The molecule has 1 heterocycles. The molecule has 1 saturated heterocycles. The molecule has 0 saturated carbocycles. The number of rotatable bonds is 2. The standard InChI is InChI=1S/C13H14ClNO2/c14-11-5-3-10(4-6-11)8-13(17)15-7-1-2-12(16)9-15/h3-6H,1-2,7-9H2. The van der Waals surface area contributed by atoms with Gasteiger partial charge >= 0.3 is 0 Å². The molecule has 0 bridgehead atoms. The molecule has 1 aromatic rings. The van der Waals surface area contributed by atoms with E-state index in [2.05, 4.69) is 0 Å². The third-order valence-electron chi connectivity index (χ3n) is 2.87. The van der Waals surface area contributed by atoms with Crippen molar-refractivity contribution in [3.05, 3.63) is 34.9 Å². The SMILES string of the molecule is O=C1CCCN(C(=O)Cc2ccc(Cl)cc2)C1. The molecule has 0 N–H and O–H groups in total. The Bertz CT molecular complexity index is 428. The molecule has 4 heteroatoms. The van der Waals surface area contributed by atoms with Crippen molar-refractivity contribution in [2.24, 2.45) is 0 Å². The number of benzene rings is 1. The van der Waals surface area contributed by atoms with Gasteiger partial charge < -0.3 is 4.90 Å². The van der Waals surface area contributed by atoms with Crippen LogP contribution >= 0.6 is 11.6 Å². The highest BCUT2D eigenvalue weighted by Crippen LogP contribution is 2.12. The lowest BCUT2D eigenvalue weighted by molar-refractivity contribution is -0.137. The third kappa shape index (κ3) is 3.30. The van der Waals surface area contributed by atoms with Crippen molar-refractivity contribution < 1.29 is 9.59 Å². The molecule has 0 aromatic heterocycles. The van der Waals surface area contributed by atoms with Crippen LogP contribution in [0.25, 0.3) is 0 Å². The van der Waals surface area contributed by atoms with Gasteiger partial charge in [-0.05, 0) is 24.1 Å². The molecule has 0 aliphatic carbocycles. The van der Waals surface area contributed by atoms with Gasteiger partial charge in [0.15, 0.2) is 5.78 Å². The van der Waals surface area contributed by atoms with Crippen molar-refractivity contribution in [3.8, 4) is 0 Å². The Hall–Kier alpha value is -1.35. The maximum atomic E-state index is 11.9. The molecule has 0 atom stereocenters. The van der Waals surface area contributed by atoms with Crippen molar-refractivity contribution in [3.63, 3.8) is 0 Å². The molecule has 1 aromatic carbocycles. The normalized spacial score (nSPS) is 16.1. The Morgan fingerprint density at radius 1 is 1.29 bits per heavy atom. The van der Waals surface area contributed by atoms with Gasteiger partial charge in [0.05, 0.1) is 13.0 Å². The lowest BCUT2D eigenvalue weighted by atomic mass is 10.1. The van der Waals surface area contributed by atoms with Gasteiger partial charge in [0.1, 0.15) is 0 Å². The van der Waals surface area contributed by atoms with Gasteiger partial charge in [-0.15, -0.1) is 0 Å². The largest absolute Gasteiger partial charge is 0.335 e. The highest BCUT2D eigenvalue weighted by atomic mass is 35.5. The van der Waals surface area contributed by atoms with E-state index in [1.807, 2.05) is 12.1 Å². The summed E-state index contributed by atoms with van der Waals surface area (Å²) in [5.41, 5.74) is 0.928. The van der Waals surface area contributed by atoms with Crippen molar-refractivity contribution in [2.45, 2.75) is 19.3 Å². The Labute approximate surface area is 105 Å². The summed E-state index contributed by atoms with van der Waals surface area (Å²) >= 11 is 5.78. The second-order valence-electron chi connectivity index (χ2n) is 4.26.